The Morgan fingerprint density at radius 3 is 2.72 bits per heavy atom. The molecule has 0 unspecified atom stereocenters. The highest BCUT2D eigenvalue weighted by Crippen LogP contribution is 2.40. The molecule has 94 valence electrons. The Bertz CT molecular complexity index is 510. The van der Waals surface area contributed by atoms with Crippen molar-refractivity contribution in [2.45, 2.75) is 31.1 Å². The van der Waals surface area contributed by atoms with Crippen LogP contribution >= 0.6 is 0 Å². The van der Waals surface area contributed by atoms with E-state index in [-0.39, 0.29) is 5.41 Å². The van der Waals surface area contributed by atoms with Gasteiger partial charge in [0.2, 0.25) is 0 Å². The van der Waals surface area contributed by atoms with E-state index in [9.17, 15) is 0 Å². The van der Waals surface area contributed by atoms with Crippen LogP contribution < -0.4 is 5.73 Å². The van der Waals surface area contributed by atoms with Crippen LogP contribution in [0, 0.1) is 0 Å². The summed E-state index contributed by atoms with van der Waals surface area (Å²) in [4.78, 5) is 0. The Hall–Kier alpha value is -1.61. The molecule has 1 aromatic heterocycles. The molecule has 1 aliphatic rings. The molecule has 2 N–H and O–H groups in total. The minimum Gasteiger partial charge on any atom is -0.330 e. The summed E-state index contributed by atoms with van der Waals surface area (Å²) in [5, 5.41) is 4.29. The van der Waals surface area contributed by atoms with Crippen molar-refractivity contribution < 1.29 is 0 Å². The number of nitrogens with zero attached hydrogens (tertiary/aromatic N) is 2. The first-order valence-corrected chi connectivity index (χ1v) is 6.65. The van der Waals surface area contributed by atoms with E-state index in [2.05, 4.69) is 29.4 Å². The van der Waals surface area contributed by atoms with Gasteiger partial charge in [-0.25, -0.2) is 4.68 Å². The van der Waals surface area contributed by atoms with Crippen LogP contribution in [0.1, 0.15) is 31.2 Å². The molecule has 1 fully saturated rings. The molecule has 18 heavy (non-hydrogen) atoms. The normalized spacial score (nSPS) is 18.1. The van der Waals surface area contributed by atoms with Gasteiger partial charge in [-0.15, -0.1) is 0 Å². The molecule has 1 aromatic carbocycles. The summed E-state index contributed by atoms with van der Waals surface area (Å²) >= 11 is 0. The van der Waals surface area contributed by atoms with E-state index in [4.69, 9.17) is 5.73 Å². The van der Waals surface area contributed by atoms with Gasteiger partial charge >= 0.3 is 0 Å². The quantitative estimate of drug-likeness (QED) is 0.897. The Balaban J connectivity index is 2.00. The van der Waals surface area contributed by atoms with E-state index < -0.39 is 0 Å². The smallest absolute Gasteiger partial charge is 0.0648 e. The van der Waals surface area contributed by atoms with Crippen LogP contribution in [0.5, 0.6) is 0 Å². The number of nitrogens with two attached hydrogens (primary N) is 1. The fraction of sp³-hybridized carbons (Fsp3) is 0.400. The van der Waals surface area contributed by atoms with Crippen LogP contribution in [0.2, 0.25) is 0 Å². The van der Waals surface area contributed by atoms with Crippen molar-refractivity contribution in [1.82, 2.24) is 9.78 Å². The van der Waals surface area contributed by atoms with Crippen molar-refractivity contribution in [3.8, 4) is 5.69 Å². The minimum absolute atomic E-state index is 0.198. The highest BCUT2D eigenvalue weighted by Gasteiger charge is 2.34. The SMILES string of the molecule is NCC1(c2cccc(-n3cccn3)c2)CCCC1. The Labute approximate surface area is 108 Å². The zero-order valence-electron chi connectivity index (χ0n) is 10.5. The molecule has 2 aromatic rings. The lowest BCUT2D eigenvalue weighted by atomic mass is 9.79. The molecule has 0 bridgehead atoms. The van der Waals surface area contributed by atoms with Gasteiger partial charge < -0.3 is 5.73 Å². The van der Waals surface area contributed by atoms with Crippen LogP contribution in [-0.2, 0) is 5.41 Å². The number of aromatic nitrogens is 2. The first kappa shape index (κ1) is 11.5. The van der Waals surface area contributed by atoms with Gasteiger partial charge in [0.05, 0.1) is 5.69 Å². The summed E-state index contributed by atoms with van der Waals surface area (Å²) in [6, 6.07) is 10.6. The van der Waals surface area contributed by atoms with E-state index in [1.807, 2.05) is 16.9 Å². The third-order valence-corrected chi connectivity index (χ3v) is 4.18. The predicted molar refractivity (Wildman–Crippen MR) is 72.8 cm³/mol. The van der Waals surface area contributed by atoms with Crippen LogP contribution in [0.3, 0.4) is 0 Å². The van der Waals surface area contributed by atoms with E-state index >= 15 is 0 Å². The third kappa shape index (κ3) is 1.85. The maximum absolute atomic E-state index is 6.05. The fourth-order valence-electron chi connectivity index (χ4n) is 3.06. The van der Waals surface area contributed by atoms with E-state index in [1.165, 1.54) is 31.2 Å². The van der Waals surface area contributed by atoms with Crippen molar-refractivity contribution in [3.63, 3.8) is 0 Å². The van der Waals surface area contributed by atoms with E-state index in [1.54, 1.807) is 6.20 Å². The summed E-state index contributed by atoms with van der Waals surface area (Å²) in [7, 11) is 0. The summed E-state index contributed by atoms with van der Waals surface area (Å²) in [5.74, 6) is 0. The van der Waals surface area contributed by atoms with Gasteiger partial charge in [-0.3, -0.25) is 0 Å². The van der Waals surface area contributed by atoms with Gasteiger partial charge in [0.15, 0.2) is 0 Å². The molecular weight excluding hydrogens is 222 g/mol. The molecule has 1 saturated carbocycles. The van der Waals surface area contributed by atoms with Crippen LogP contribution in [0.4, 0.5) is 0 Å². The van der Waals surface area contributed by atoms with Crippen molar-refractivity contribution >= 4 is 0 Å². The van der Waals surface area contributed by atoms with Crippen molar-refractivity contribution in [1.29, 1.82) is 0 Å². The highest BCUT2D eigenvalue weighted by atomic mass is 15.3. The molecule has 1 heterocycles. The Morgan fingerprint density at radius 2 is 2.06 bits per heavy atom. The second-order valence-electron chi connectivity index (χ2n) is 5.19. The largest absolute Gasteiger partial charge is 0.330 e. The third-order valence-electron chi connectivity index (χ3n) is 4.18. The van der Waals surface area contributed by atoms with Gasteiger partial charge in [-0.2, -0.15) is 5.10 Å². The average molecular weight is 241 g/mol. The first-order chi connectivity index (χ1) is 8.84. The fourth-order valence-corrected chi connectivity index (χ4v) is 3.06. The van der Waals surface area contributed by atoms with Crippen molar-refractivity contribution in [3.05, 3.63) is 48.3 Å². The standard InChI is InChI=1S/C15H19N3/c16-12-15(7-1-2-8-15)13-5-3-6-14(11-13)18-10-4-9-17-18/h3-6,9-11H,1-2,7-8,12,16H2. The molecule has 0 radical (unpaired) electrons. The maximum atomic E-state index is 6.05. The Kier molecular flexibility index (Phi) is 2.92. The topological polar surface area (TPSA) is 43.8 Å². The molecule has 0 saturated heterocycles. The van der Waals surface area contributed by atoms with Gasteiger partial charge in [-0.05, 0) is 36.6 Å². The van der Waals surface area contributed by atoms with Crippen LogP contribution in [0.25, 0.3) is 5.69 Å². The molecule has 0 aliphatic heterocycles. The van der Waals surface area contributed by atoms with Gasteiger partial charge in [0, 0.05) is 24.4 Å². The Morgan fingerprint density at radius 1 is 1.22 bits per heavy atom. The summed E-state index contributed by atoms with van der Waals surface area (Å²) in [5.41, 5.74) is 8.74. The van der Waals surface area contributed by atoms with E-state index in [0.717, 1.165) is 12.2 Å². The number of hydrogen-bond acceptors (Lipinski definition) is 2. The van der Waals surface area contributed by atoms with Crippen molar-refractivity contribution in [2.75, 3.05) is 6.54 Å². The lowest BCUT2D eigenvalue weighted by Crippen LogP contribution is -2.32. The zero-order chi connectivity index (χ0) is 12.4. The second kappa shape index (κ2) is 4.58. The minimum atomic E-state index is 0.198. The molecule has 3 rings (SSSR count). The number of rotatable bonds is 3. The van der Waals surface area contributed by atoms with Gasteiger partial charge in [-0.1, -0.05) is 25.0 Å². The van der Waals surface area contributed by atoms with Crippen LogP contribution in [0.15, 0.2) is 42.7 Å². The van der Waals surface area contributed by atoms with Crippen molar-refractivity contribution in [2.24, 2.45) is 5.73 Å². The zero-order valence-corrected chi connectivity index (χ0v) is 10.5. The maximum Gasteiger partial charge on any atom is 0.0648 e. The van der Waals surface area contributed by atoms with Crippen LogP contribution in [-0.4, -0.2) is 16.3 Å². The van der Waals surface area contributed by atoms with Gasteiger partial charge in [0.25, 0.3) is 0 Å². The summed E-state index contributed by atoms with van der Waals surface area (Å²) < 4.78 is 1.91. The monoisotopic (exact) mass is 241 g/mol. The summed E-state index contributed by atoms with van der Waals surface area (Å²) in [6.45, 7) is 0.746. The average Bonchev–Trinajstić information content (AvgIpc) is 3.11. The molecule has 1 aliphatic carbocycles. The molecule has 3 heteroatoms. The molecule has 0 atom stereocenters. The number of hydrogen-bond donors (Lipinski definition) is 1. The lowest BCUT2D eigenvalue weighted by molar-refractivity contribution is 0.453. The van der Waals surface area contributed by atoms with E-state index in [0.29, 0.717) is 0 Å². The molecule has 3 nitrogen and oxygen atoms in total. The number of benzene rings is 1. The summed E-state index contributed by atoms with van der Waals surface area (Å²) in [6.07, 6.45) is 8.80. The predicted octanol–water partition coefficient (Wildman–Crippen LogP) is 2.64. The van der Waals surface area contributed by atoms with Gasteiger partial charge in [0.1, 0.15) is 0 Å². The molecular formula is C15H19N3. The lowest BCUT2D eigenvalue weighted by Gasteiger charge is -2.28. The first-order valence-electron chi connectivity index (χ1n) is 6.65. The highest BCUT2D eigenvalue weighted by molar-refractivity contribution is 5.39. The molecule has 0 spiro atoms. The second-order valence-corrected chi connectivity index (χ2v) is 5.19. The molecule has 0 amide bonds.